The zero-order chi connectivity index (χ0) is 15.0. The van der Waals surface area contributed by atoms with Gasteiger partial charge in [-0.3, -0.25) is 4.90 Å². The van der Waals surface area contributed by atoms with Gasteiger partial charge in [0.2, 0.25) is 10.0 Å². The number of nitrogens with two attached hydrogens (primary N) is 1. The first-order valence-electron chi connectivity index (χ1n) is 7.28. The van der Waals surface area contributed by atoms with E-state index in [1.807, 2.05) is 0 Å². The van der Waals surface area contributed by atoms with Crippen molar-refractivity contribution >= 4 is 27.3 Å². The van der Waals surface area contributed by atoms with Crippen molar-refractivity contribution in [2.45, 2.75) is 30.2 Å². The number of halogens is 1. The van der Waals surface area contributed by atoms with Crippen LogP contribution in [0.1, 0.15) is 19.3 Å². The number of anilines is 1. The minimum absolute atomic E-state index is 0.122. The van der Waals surface area contributed by atoms with Gasteiger partial charge < -0.3 is 5.73 Å². The van der Waals surface area contributed by atoms with E-state index in [4.69, 9.17) is 17.3 Å². The molecule has 0 aromatic heterocycles. The highest BCUT2D eigenvalue weighted by atomic mass is 35.5. The average molecular weight is 330 g/mol. The molecule has 116 valence electrons. The molecule has 5 nitrogen and oxygen atoms in total. The molecule has 2 aliphatic heterocycles. The summed E-state index contributed by atoms with van der Waals surface area (Å²) in [4.78, 5) is 2.52. The van der Waals surface area contributed by atoms with E-state index in [0.29, 0.717) is 24.2 Å². The maximum Gasteiger partial charge on any atom is 0.245 e. The summed E-state index contributed by atoms with van der Waals surface area (Å²) in [7, 11) is -3.56. The Morgan fingerprint density at radius 3 is 2.62 bits per heavy atom. The predicted molar refractivity (Wildman–Crippen MR) is 83.8 cm³/mol. The third-order valence-electron chi connectivity index (χ3n) is 4.38. The highest BCUT2D eigenvalue weighted by Gasteiger charge is 2.36. The Balaban J connectivity index is 1.81. The lowest BCUT2D eigenvalue weighted by Gasteiger charge is -2.23. The molecule has 3 rings (SSSR count). The normalized spacial score (nSPS) is 24.7. The topological polar surface area (TPSA) is 66.6 Å². The van der Waals surface area contributed by atoms with Crippen LogP contribution < -0.4 is 5.73 Å². The maximum atomic E-state index is 12.7. The van der Waals surface area contributed by atoms with E-state index in [1.165, 1.54) is 23.2 Å². The van der Waals surface area contributed by atoms with Crippen molar-refractivity contribution in [3.8, 4) is 0 Å². The van der Waals surface area contributed by atoms with Crippen LogP contribution in [-0.2, 0) is 10.0 Å². The van der Waals surface area contributed by atoms with Gasteiger partial charge in [0.1, 0.15) is 4.90 Å². The lowest BCUT2D eigenvalue weighted by Crippen LogP contribution is -2.37. The zero-order valence-electron chi connectivity index (χ0n) is 11.8. The monoisotopic (exact) mass is 329 g/mol. The van der Waals surface area contributed by atoms with Crippen molar-refractivity contribution in [1.82, 2.24) is 9.21 Å². The van der Waals surface area contributed by atoms with Crippen molar-refractivity contribution in [3.63, 3.8) is 0 Å². The molecule has 0 saturated carbocycles. The summed E-state index contributed by atoms with van der Waals surface area (Å²) < 4.78 is 27.0. The van der Waals surface area contributed by atoms with Gasteiger partial charge in [0.05, 0.1) is 5.69 Å². The van der Waals surface area contributed by atoms with Crippen LogP contribution in [0.4, 0.5) is 5.69 Å². The first-order chi connectivity index (χ1) is 9.98. The van der Waals surface area contributed by atoms with Crippen LogP contribution in [0.3, 0.4) is 0 Å². The molecule has 1 unspecified atom stereocenters. The summed E-state index contributed by atoms with van der Waals surface area (Å²) in [6, 6.07) is 4.92. The highest BCUT2D eigenvalue weighted by molar-refractivity contribution is 7.89. The van der Waals surface area contributed by atoms with E-state index >= 15 is 0 Å². The number of sulfonamides is 1. The molecule has 1 aromatic carbocycles. The zero-order valence-corrected chi connectivity index (χ0v) is 13.4. The molecular weight excluding hydrogens is 310 g/mol. The standard InChI is InChI=1S/C14H20ClN3O2S/c15-11-3-4-13(16)14(9-11)21(19,20)18-8-5-12(10-18)17-6-1-2-7-17/h3-4,9,12H,1-2,5-8,10,16H2. The fraction of sp³-hybridized carbons (Fsp3) is 0.571. The van der Waals surface area contributed by atoms with Crippen LogP contribution in [0.25, 0.3) is 0 Å². The Bertz CT molecular complexity index is 629. The average Bonchev–Trinajstić information content (AvgIpc) is 3.11. The largest absolute Gasteiger partial charge is 0.398 e. The van der Waals surface area contributed by atoms with Gasteiger partial charge in [-0.05, 0) is 50.6 Å². The molecule has 1 atom stereocenters. The third-order valence-corrected chi connectivity index (χ3v) is 6.53. The second kappa shape index (κ2) is 5.76. The van der Waals surface area contributed by atoms with Gasteiger partial charge in [-0.25, -0.2) is 8.42 Å². The number of nitrogens with zero attached hydrogens (tertiary/aromatic N) is 2. The summed E-state index contributed by atoms with van der Waals surface area (Å²) in [6.07, 6.45) is 3.31. The van der Waals surface area contributed by atoms with Crippen LogP contribution >= 0.6 is 11.6 Å². The van der Waals surface area contributed by atoms with Gasteiger partial charge >= 0.3 is 0 Å². The smallest absolute Gasteiger partial charge is 0.245 e. The number of benzene rings is 1. The van der Waals surface area contributed by atoms with Crippen LogP contribution in [0.2, 0.25) is 5.02 Å². The van der Waals surface area contributed by atoms with Crippen LogP contribution in [0, 0.1) is 0 Å². The Morgan fingerprint density at radius 1 is 1.19 bits per heavy atom. The fourth-order valence-electron chi connectivity index (χ4n) is 3.20. The van der Waals surface area contributed by atoms with Gasteiger partial charge in [-0.1, -0.05) is 11.6 Å². The summed E-state index contributed by atoms with van der Waals surface area (Å²) in [5.74, 6) is 0. The highest BCUT2D eigenvalue weighted by Crippen LogP contribution is 2.29. The van der Waals surface area contributed by atoms with Gasteiger partial charge in [-0.2, -0.15) is 4.31 Å². The number of nitrogen functional groups attached to an aromatic ring is 1. The molecule has 0 radical (unpaired) electrons. The van der Waals surface area contributed by atoms with Crippen molar-refractivity contribution in [3.05, 3.63) is 23.2 Å². The van der Waals surface area contributed by atoms with Crippen molar-refractivity contribution in [2.75, 3.05) is 31.9 Å². The van der Waals surface area contributed by atoms with Gasteiger partial charge in [0, 0.05) is 24.2 Å². The predicted octanol–water partition coefficient (Wildman–Crippen LogP) is 1.78. The van der Waals surface area contributed by atoms with Gasteiger partial charge in [0.15, 0.2) is 0 Å². The molecule has 0 bridgehead atoms. The van der Waals surface area contributed by atoms with E-state index in [9.17, 15) is 8.42 Å². The van der Waals surface area contributed by atoms with E-state index in [1.54, 1.807) is 12.1 Å². The Kier molecular flexibility index (Phi) is 4.14. The second-order valence-corrected chi connectivity index (χ2v) is 8.07. The summed E-state index contributed by atoms with van der Waals surface area (Å²) in [5.41, 5.74) is 6.08. The molecule has 7 heteroatoms. The van der Waals surface area contributed by atoms with Crippen molar-refractivity contribution in [1.29, 1.82) is 0 Å². The molecular formula is C14H20ClN3O2S. The molecule has 2 fully saturated rings. The number of likely N-dealkylation sites (tertiary alicyclic amines) is 1. The van der Waals surface area contributed by atoms with Crippen LogP contribution in [0.15, 0.2) is 23.1 Å². The maximum absolute atomic E-state index is 12.7. The van der Waals surface area contributed by atoms with E-state index in [-0.39, 0.29) is 10.6 Å². The summed E-state index contributed by atoms with van der Waals surface area (Å²) in [5, 5.41) is 0.387. The minimum Gasteiger partial charge on any atom is -0.398 e. The molecule has 0 spiro atoms. The third kappa shape index (κ3) is 2.90. The Labute approximate surface area is 130 Å². The fourth-order valence-corrected chi connectivity index (χ4v) is 5.08. The first-order valence-corrected chi connectivity index (χ1v) is 9.09. The van der Waals surface area contributed by atoms with E-state index < -0.39 is 10.0 Å². The molecule has 2 heterocycles. The van der Waals surface area contributed by atoms with Gasteiger partial charge in [0.25, 0.3) is 0 Å². The molecule has 2 saturated heterocycles. The SMILES string of the molecule is Nc1ccc(Cl)cc1S(=O)(=O)N1CCC(N2CCCC2)C1. The Hall–Kier alpha value is -0.820. The molecule has 2 N–H and O–H groups in total. The van der Waals surface area contributed by atoms with Crippen LogP contribution in [0.5, 0.6) is 0 Å². The van der Waals surface area contributed by atoms with Crippen molar-refractivity contribution < 1.29 is 8.42 Å². The Morgan fingerprint density at radius 2 is 1.90 bits per heavy atom. The first kappa shape index (κ1) is 15.1. The molecule has 21 heavy (non-hydrogen) atoms. The van der Waals surface area contributed by atoms with E-state index in [2.05, 4.69) is 4.90 Å². The molecule has 2 aliphatic rings. The summed E-state index contributed by atoms with van der Waals surface area (Å²) >= 11 is 5.92. The molecule has 0 aliphatic carbocycles. The second-order valence-electron chi connectivity index (χ2n) is 5.73. The van der Waals surface area contributed by atoms with E-state index in [0.717, 1.165) is 19.5 Å². The molecule has 1 aromatic rings. The lowest BCUT2D eigenvalue weighted by atomic mass is 10.2. The number of rotatable bonds is 3. The minimum atomic E-state index is -3.56. The molecule has 0 amide bonds. The lowest BCUT2D eigenvalue weighted by molar-refractivity contribution is 0.251. The quantitative estimate of drug-likeness (QED) is 0.858. The van der Waals surface area contributed by atoms with Crippen molar-refractivity contribution in [2.24, 2.45) is 0 Å². The van der Waals surface area contributed by atoms with Gasteiger partial charge in [-0.15, -0.1) is 0 Å². The number of hydrogen-bond donors (Lipinski definition) is 1. The van der Waals surface area contributed by atoms with Crippen LogP contribution in [-0.4, -0.2) is 49.8 Å². The summed E-state index contributed by atoms with van der Waals surface area (Å²) in [6.45, 7) is 3.26. The number of hydrogen-bond acceptors (Lipinski definition) is 4.